The number of hydrogen-bond donors (Lipinski definition) is 2. The number of rotatable bonds is 8. The minimum Gasteiger partial charge on any atom is -0.456 e. The van der Waals surface area contributed by atoms with Gasteiger partial charge in [-0.15, -0.1) is 0 Å². The summed E-state index contributed by atoms with van der Waals surface area (Å²) in [6.07, 6.45) is 0. The molecule has 0 saturated carbocycles. The summed E-state index contributed by atoms with van der Waals surface area (Å²) in [6.45, 7) is 5.57. The summed E-state index contributed by atoms with van der Waals surface area (Å²) < 4.78 is 31.0. The zero-order chi connectivity index (χ0) is 20.0. The van der Waals surface area contributed by atoms with Crippen LogP contribution in [0, 0.1) is 12.3 Å². The number of amides is 1. The molecule has 0 fully saturated rings. The molecule has 0 aromatic heterocycles. The molecule has 0 aliphatic rings. The Hall–Kier alpha value is -2.26. The van der Waals surface area contributed by atoms with Crippen molar-refractivity contribution in [2.24, 2.45) is 5.41 Å². The normalized spacial score (nSPS) is 11.7. The van der Waals surface area contributed by atoms with Gasteiger partial charge in [-0.05, 0) is 19.1 Å². The van der Waals surface area contributed by atoms with E-state index in [4.69, 9.17) is 4.74 Å². The second kappa shape index (κ2) is 8.91. The quantitative estimate of drug-likeness (QED) is 0.632. The Bertz CT molecular complexity index is 763. The Morgan fingerprint density at radius 3 is 2.15 bits per heavy atom. The molecule has 1 aromatic carbocycles. The summed E-state index contributed by atoms with van der Waals surface area (Å²) in [7, 11) is -3.82. The number of sulfonamides is 1. The highest BCUT2D eigenvalue weighted by Gasteiger charge is 2.22. The highest BCUT2D eigenvalue weighted by Crippen LogP contribution is 2.14. The SMILES string of the molecule is Cc1ccc(S(=O)(=O)NCC(=O)NCC(=O)OCC(=O)C(C)(C)C)cc1. The highest BCUT2D eigenvalue weighted by molar-refractivity contribution is 7.89. The van der Waals surface area contributed by atoms with Crippen LogP contribution >= 0.6 is 0 Å². The molecule has 1 aromatic rings. The number of carbonyl (C=O) groups excluding carboxylic acids is 3. The van der Waals surface area contributed by atoms with Crippen molar-refractivity contribution >= 4 is 27.7 Å². The lowest BCUT2D eigenvalue weighted by atomic mass is 9.91. The molecule has 9 heteroatoms. The van der Waals surface area contributed by atoms with Crippen LogP contribution in [0.3, 0.4) is 0 Å². The average Bonchev–Trinajstić information content (AvgIpc) is 2.55. The summed E-state index contributed by atoms with van der Waals surface area (Å²) in [5.41, 5.74) is 0.280. The fraction of sp³-hybridized carbons (Fsp3) is 0.471. The zero-order valence-electron chi connectivity index (χ0n) is 15.3. The molecule has 144 valence electrons. The van der Waals surface area contributed by atoms with Crippen molar-refractivity contribution in [1.82, 2.24) is 10.0 Å². The maximum absolute atomic E-state index is 12.0. The lowest BCUT2D eigenvalue weighted by molar-refractivity contribution is -0.149. The maximum Gasteiger partial charge on any atom is 0.325 e. The van der Waals surface area contributed by atoms with Crippen LogP contribution in [0.4, 0.5) is 0 Å². The van der Waals surface area contributed by atoms with Gasteiger partial charge in [0.15, 0.2) is 12.4 Å². The summed E-state index contributed by atoms with van der Waals surface area (Å²) in [5, 5.41) is 2.23. The third-order valence-corrected chi connectivity index (χ3v) is 4.80. The number of carbonyl (C=O) groups is 3. The number of hydrogen-bond acceptors (Lipinski definition) is 6. The monoisotopic (exact) mass is 384 g/mol. The van der Waals surface area contributed by atoms with Crippen LogP contribution < -0.4 is 10.0 Å². The predicted octanol–water partition coefficient (Wildman–Crippen LogP) is 0.548. The van der Waals surface area contributed by atoms with Crippen molar-refractivity contribution in [3.05, 3.63) is 29.8 Å². The fourth-order valence-electron chi connectivity index (χ4n) is 1.61. The number of aryl methyl sites for hydroxylation is 1. The molecule has 8 nitrogen and oxygen atoms in total. The smallest absolute Gasteiger partial charge is 0.325 e. The van der Waals surface area contributed by atoms with E-state index in [0.717, 1.165) is 5.56 Å². The van der Waals surface area contributed by atoms with Gasteiger partial charge in [0.05, 0.1) is 11.4 Å². The van der Waals surface area contributed by atoms with Crippen molar-refractivity contribution < 1.29 is 27.5 Å². The van der Waals surface area contributed by atoms with Gasteiger partial charge in [-0.3, -0.25) is 14.4 Å². The topological polar surface area (TPSA) is 119 Å². The summed E-state index contributed by atoms with van der Waals surface area (Å²) in [4.78, 5) is 34.8. The molecule has 2 N–H and O–H groups in total. The Kier molecular flexibility index (Phi) is 7.46. The molecule has 0 heterocycles. The van der Waals surface area contributed by atoms with E-state index in [1.807, 2.05) is 6.92 Å². The minimum atomic E-state index is -3.82. The minimum absolute atomic E-state index is 0.0380. The second-order valence-electron chi connectivity index (χ2n) is 6.75. The lowest BCUT2D eigenvalue weighted by Gasteiger charge is -2.16. The van der Waals surface area contributed by atoms with Gasteiger partial charge in [-0.2, -0.15) is 0 Å². The molecular weight excluding hydrogens is 360 g/mol. The van der Waals surface area contributed by atoms with E-state index < -0.39 is 40.4 Å². The van der Waals surface area contributed by atoms with Crippen LogP contribution in [0.1, 0.15) is 26.3 Å². The van der Waals surface area contributed by atoms with E-state index in [1.54, 1.807) is 32.9 Å². The van der Waals surface area contributed by atoms with E-state index in [1.165, 1.54) is 12.1 Å². The first-order valence-electron chi connectivity index (χ1n) is 7.94. The summed E-state index contributed by atoms with van der Waals surface area (Å²) in [6, 6.07) is 6.14. The number of esters is 1. The Balaban J connectivity index is 2.39. The van der Waals surface area contributed by atoms with Crippen LogP contribution in [0.25, 0.3) is 0 Å². The molecule has 0 unspecified atom stereocenters. The second-order valence-corrected chi connectivity index (χ2v) is 8.52. The van der Waals surface area contributed by atoms with Gasteiger partial charge < -0.3 is 10.1 Å². The van der Waals surface area contributed by atoms with E-state index >= 15 is 0 Å². The van der Waals surface area contributed by atoms with Crippen molar-refractivity contribution in [3.63, 3.8) is 0 Å². The number of benzene rings is 1. The zero-order valence-corrected chi connectivity index (χ0v) is 16.1. The molecule has 0 atom stereocenters. The van der Waals surface area contributed by atoms with Gasteiger partial charge in [0.2, 0.25) is 15.9 Å². The third kappa shape index (κ3) is 7.32. The molecule has 0 aliphatic heterocycles. The van der Waals surface area contributed by atoms with E-state index in [2.05, 4.69) is 10.0 Å². The van der Waals surface area contributed by atoms with Gasteiger partial charge >= 0.3 is 5.97 Å². The van der Waals surface area contributed by atoms with E-state index in [0.29, 0.717) is 0 Å². The van der Waals surface area contributed by atoms with Gasteiger partial charge in [-0.1, -0.05) is 38.5 Å². The summed E-state index contributed by atoms with van der Waals surface area (Å²) in [5.74, 6) is -1.72. The van der Waals surface area contributed by atoms with Crippen LogP contribution in [0.15, 0.2) is 29.2 Å². The number of nitrogens with one attached hydrogen (secondary N) is 2. The molecule has 0 aliphatic carbocycles. The fourth-order valence-corrected chi connectivity index (χ4v) is 2.59. The van der Waals surface area contributed by atoms with Crippen LogP contribution in [-0.4, -0.2) is 45.8 Å². The molecule has 0 bridgehead atoms. The Morgan fingerprint density at radius 2 is 1.62 bits per heavy atom. The van der Waals surface area contributed by atoms with Crippen molar-refractivity contribution in [3.8, 4) is 0 Å². The first-order chi connectivity index (χ1) is 11.9. The number of ketones is 1. The number of ether oxygens (including phenoxy) is 1. The first-order valence-corrected chi connectivity index (χ1v) is 9.42. The maximum atomic E-state index is 12.0. The predicted molar refractivity (Wildman–Crippen MR) is 94.8 cm³/mol. The molecule has 1 rings (SSSR count). The molecule has 1 amide bonds. The van der Waals surface area contributed by atoms with E-state index in [9.17, 15) is 22.8 Å². The van der Waals surface area contributed by atoms with Gasteiger partial charge in [-0.25, -0.2) is 13.1 Å². The molecular formula is C17H24N2O6S. The first kappa shape index (κ1) is 21.8. The Labute approximate surface area is 153 Å². The lowest BCUT2D eigenvalue weighted by Crippen LogP contribution is -2.39. The van der Waals surface area contributed by atoms with Gasteiger partial charge in [0.1, 0.15) is 6.54 Å². The Morgan fingerprint density at radius 1 is 1.04 bits per heavy atom. The third-order valence-electron chi connectivity index (χ3n) is 3.38. The largest absolute Gasteiger partial charge is 0.456 e. The standard InChI is InChI=1S/C17H24N2O6S/c1-12-5-7-13(8-6-12)26(23,24)19-9-15(21)18-10-16(22)25-11-14(20)17(2,3)4/h5-8,19H,9-11H2,1-4H3,(H,18,21). The van der Waals surface area contributed by atoms with Crippen LogP contribution in [0.5, 0.6) is 0 Å². The van der Waals surface area contributed by atoms with Gasteiger partial charge in [0.25, 0.3) is 0 Å². The number of Topliss-reactive ketones (excluding diaryl/α,β-unsaturated/α-hetero) is 1. The molecule has 0 radical (unpaired) electrons. The van der Waals surface area contributed by atoms with Crippen LogP contribution in [0.2, 0.25) is 0 Å². The average molecular weight is 384 g/mol. The van der Waals surface area contributed by atoms with Crippen LogP contribution in [-0.2, 0) is 29.1 Å². The highest BCUT2D eigenvalue weighted by atomic mass is 32.2. The molecule has 0 spiro atoms. The van der Waals surface area contributed by atoms with Gasteiger partial charge in [0, 0.05) is 5.41 Å². The molecule has 0 saturated heterocycles. The molecule has 26 heavy (non-hydrogen) atoms. The van der Waals surface area contributed by atoms with Crippen molar-refractivity contribution in [2.45, 2.75) is 32.6 Å². The summed E-state index contributed by atoms with van der Waals surface area (Å²) >= 11 is 0. The van der Waals surface area contributed by atoms with Crippen molar-refractivity contribution in [2.75, 3.05) is 19.7 Å². The van der Waals surface area contributed by atoms with E-state index in [-0.39, 0.29) is 17.3 Å². The van der Waals surface area contributed by atoms with Crippen molar-refractivity contribution in [1.29, 1.82) is 0 Å².